The lowest BCUT2D eigenvalue weighted by atomic mass is 10.2. The molecule has 8 heteroatoms. The predicted molar refractivity (Wildman–Crippen MR) is 118 cm³/mol. The van der Waals surface area contributed by atoms with Crippen molar-refractivity contribution in [3.8, 4) is 5.75 Å². The summed E-state index contributed by atoms with van der Waals surface area (Å²) in [5, 5.41) is 6.64. The molecule has 6 nitrogen and oxygen atoms in total. The van der Waals surface area contributed by atoms with Gasteiger partial charge in [-0.25, -0.2) is 0 Å². The lowest BCUT2D eigenvalue weighted by Crippen LogP contribution is -2.40. The zero-order valence-corrected chi connectivity index (χ0v) is 19.4. The van der Waals surface area contributed by atoms with Crippen molar-refractivity contribution in [1.29, 1.82) is 0 Å². The van der Waals surface area contributed by atoms with Gasteiger partial charge in [0, 0.05) is 46.9 Å². The first kappa shape index (κ1) is 24.4. The number of nitrogens with zero attached hydrogens (tertiary/aromatic N) is 2. The van der Waals surface area contributed by atoms with E-state index in [2.05, 4.69) is 43.5 Å². The van der Waals surface area contributed by atoms with Crippen LogP contribution in [0.25, 0.3) is 0 Å². The van der Waals surface area contributed by atoms with Crippen LogP contribution in [-0.4, -0.2) is 65.4 Å². The first-order valence-corrected chi connectivity index (χ1v) is 8.84. The van der Waals surface area contributed by atoms with Crippen LogP contribution in [0.2, 0.25) is 0 Å². The molecule has 1 aromatic rings. The quantitative estimate of drug-likeness (QED) is 0.212. The topological polar surface area (TPSA) is 58.1 Å². The van der Waals surface area contributed by atoms with Gasteiger partial charge in [0.1, 0.15) is 5.75 Å². The molecule has 0 radical (unpaired) electrons. The molecular weight excluding hydrogens is 499 g/mol. The van der Waals surface area contributed by atoms with Gasteiger partial charge < -0.3 is 25.0 Å². The van der Waals surface area contributed by atoms with Crippen LogP contribution in [0.4, 0.5) is 0 Å². The van der Waals surface area contributed by atoms with Crippen LogP contribution in [0, 0.1) is 0 Å². The molecule has 2 N–H and O–H groups in total. The number of hydrogen-bond donors (Lipinski definition) is 2. The molecule has 0 saturated heterocycles. The fraction of sp³-hybridized carbons (Fsp3) is 0.588. The normalized spacial score (nSPS) is 11.2. The molecule has 0 spiro atoms. The summed E-state index contributed by atoms with van der Waals surface area (Å²) in [4.78, 5) is 6.53. The Kier molecular flexibility index (Phi) is 14.2. The van der Waals surface area contributed by atoms with Gasteiger partial charge >= 0.3 is 0 Å². The smallest absolute Gasteiger partial charge is 0.191 e. The standard InChI is InChI=1S/C17H29BrN4O2.HI/c1-19-17(20-8-10-22(2)9-5-11-23-3)21-13-14-6-7-16(24-4)15(18)12-14;/h6-7,12H,5,8-11,13H2,1-4H3,(H2,19,20,21);1H. The van der Waals surface area contributed by atoms with Crippen molar-refractivity contribution >= 4 is 45.9 Å². The van der Waals surface area contributed by atoms with Crippen LogP contribution >= 0.6 is 39.9 Å². The van der Waals surface area contributed by atoms with E-state index in [0.717, 1.165) is 54.4 Å². The van der Waals surface area contributed by atoms with E-state index in [1.54, 1.807) is 21.3 Å². The monoisotopic (exact) mass is 528 g/mol. The SMILES string of the molecule is CN=C(NCCN(C)CCCOC)NCc1ccc(OC)c(Br)c1.I. The number of aliphatic imine (C=N–C) groups is 1. The van der Waals surface area contributed by atoms with E-state index in [4.69, 9.17) is 9.47 Å². The lowest BCUT2D eigenvalue weighted by Gasteiger charge is -2.18. The maximum Gasteiger partial charge on any atom is 0.191 e. The molecule has 0 atom stereocenters. The maximum absolute atomic E-state index is 5.24. The largest absolute Gasteiger partial charge is 0.496 e. The fourth-order valence-corrected chi connectivity index (χ4v) is 2.77. The highest BCUT2D eigenvalue weighted by atomic mass is 127. The second-order valence-electron chi connectivity index (χ2n) is 5.47. The van der Waals surface area contributed by atoms with E-state index in [1.807, 2.05) is 18.2 Å². The van der Waals surface area contributed by atoms with Crippen molar-refractivity contribution in [2.75, 3.05) is 54.6 Å². The highest BCUT2D eigenvalue weighted by molar-refractivity contribution is 14.0. The Bertz CT molecular complexity index is 517. The molecular formula is C17H30BrIN4O2. The lowest BCUT2D eigenvalue weighted by molar-refractivity contribution is 0.180. The first-order valence-electron chi connectivity index (χ1n) is 8.05. The minimum absolute atomic E-state index is 0. The van der Waals surface area contributed by atoms with Crippen molar-refractivity contribution < 1.29 is 9.47 Å². The van der Waals surface area contributed by atoms with Gasteiger partial charge in [0.25, 0.3) is 0 Å². The molecule has 0 unspecified atom stereocenters. The Morgan fingerprint density at radius 1 is 1.24 bits per heavy atom. The molecule has 0 aliphatic carbocycles. The zero-order valence-electron chi connectivity index (χ0n) is 15.5. The summed E-state index contributed by atoms with van der Waals surface area (Å²) in [5.41, 5.74) is 1.15. The van der Waals surface area contributed by atoms with Crippen LogP contribution in [0.1, 0.15) is 12.0 Å². The maximum atomic E-state index is 5.24. The Hall–Kier alpha value is -0.580. The van der Waals surface area contributed by atoms with Crippen molar-refractivity contribution in [2.45, 2.75) is 13.0 Å². The predicted octanol–water partition coefficient (Wildman–Crippen LogP) is 2.71. The first-order chi connectivity index (χ1) is 11.6. The van der Waals surface area contributed by atoms with Crippen molar-refractivity contribution in [2.24, 2.45) is 4.99 Å². The minimum Gasteiger partial charge on any atom is -0.496 e. The van der Waals surface area contributed by atoms with Gasteiger partial charge in [-0.1, -0.05) is 6.07 Å². The van der Waals surface area contributed by atoms with E-state index in [0.29, 0.717) is 6.54 Å². The number of ether oxygens (including phenoxy) is 2. The second-order valence-corrected chi connectivity index (χ2v) is 6.33. The van der Waals surface area contributed by atoms with Crippen molar-refractivity contribution in [3.05, 3.63) is 28.2 Å². The van der Waals surface area contributed by atoms with Crippen molar-refractivity contribution in [1.82, 2.24) is 15.5 Å². The van der Waals surface area contributed by atoms with Crippen LogP contribution in [-0.2, 0) is 11.3 Å². The number of benzene rings is 1. The molecule has 0 aliphatic rings. The summed E-state index contributed by atoms with van der Waals surface area (Å²) in [6.07, 6.45) is 1.05. The number of methoxy groups -OCH3 is 2. The molecule has 0 heterocycles. The number of nitrogens with one attached hydrogen (secondary N) is 2. The van der Waals surface area contributed by atoms with Gasteiger partial charge in [-0.15, -0.1) is 24.0 Å². The van der Waals surface area contributed by atoms with Gasteiger partial charge in [-0.05, 0) is 47.1 Å². The van der Waals surface area contributed by atoms with Crippen LogP contribution < -0.4 is 15.4 Å². The number of hydrogen-bond acceptors (Lipinski definition) is 4. The molecule has 0 aromatic heterocycles. The summed E-state index contributed by atoms with van der Waals surface area (Å²) in [6, 6.07) is 6.03. The van der Waals surface area contributed by atoms with Crippen molar-refractivity contribution in [3.63, 3.8) is 0 Å². The molecule has 1 aromatic carbocycles. The van der Waals surface area contributed by atoms with E-state index in [-0.39, 0.29) is 24.0 Å². The second kappa shape index (κ2) is 14.6. The number of halogens is 2. The Morgan fingerprint density at radius 2 is 2.00 bits per heavy atom. The molecule has 0 saturated carbocycles. The van der Waals surface area contributed by atoms with Gasteiger partial charge in [0.15, 0.2) is 5.96 Å². The summed E-state index contributed by atoms with van der Waals surface area (Å²) < 4.78 is 11.3. The minimum atomic E-state index is 0. The highest BCUT2D eigenvalue weighted by Gasteiger charge is 2.03. The van der Waals surface area contributed by atoms with E-state index in [1.165, 1.54) is 0 Å². The number of rotatable bonds is 10. The van der Waals surface area contributed by atoms with Gasteiger partial charge in [-0.2, -0.15) is 0 Å². The molecule has 0 aliphatic heterocycles. The highest BCUT2D eigenvalue weighted by Crippen LogP contribution is 2.25. The van der Waals surface area contributed by atoms with E-state index >= 15 is 0 Å². The Labute approximate surface area is 176 Å². The van der Waals surface area contributed by atoms with Crippen LogP contribution in [0.3, 0.4) is 0 Å². The summed E-state index contributed by atoms with van der Waals surface area (Å²) in [6.45, 7) is 4.33. The average molecular weight is 529 g/mol. The third-order valence-electron chi connectivity index (χ3n) is 3.57. The third kappa shape index (κ3) is 10.2. The number of guanidine groups is 1. The third-order valence-corrected chi connectivity index (χ3v) is 4.19. The van der Waals surface area contributed by atoms with Gasteiger partial charge in [0.05, 0.1) is 11.6 Å². The summed E-state index contributed by atoms with van der Waals surface area (Å²) in [7, 11) is 7.29. The molecule has 0 bridgehead atoms. The fourth-order valence-electron chi connectivity index (χ4n) is 2.18. The zero-order chi connectivity index (χ0) is 17.8. The molecule has 0 amide bonds. The Balaban J connectivity index is 0.00000576. The number of likely N-dealkylation sites (N-methyl/N-ethyl adjacent to an activating group) is 1. The average Bonchev–Trinajstić information content (AvgIpc) is 2.58. The summed E-state index contributed by atoms with van der Waals surface area (Å²) >= 11 is 3.50. The Morgan fingerprint density at radius 3 is 2.60 bits per heavy atom. The van der Waals surface area contributed by atoms with E-state index < -0.39 is 0 Å². The van der Waals surface area contributed by atoms with Crippen LogP contribution in [0.15, 0.2) is 27.7 Å². The molecule has 0 fully saturated rings. The van der Waals surface area contributed by atoms with Gasteiger partial charge in [0.2, 0.25) is 0 Å². The van der Waals surface area contributed by atoms with E-state index in [9.17, 15) is 0 Å². The molecule has 1 rings (SSSR count). The summed E-state index contributed by atoms with van der Waals surface area (Å²) in [5.74, 6) is 1.63. The molecule has 25 heavy (non-hydrogen) atoms. The van der Waals surface area contributed by atoms with Crippen LogP contribution in [0.5, 0.6) is 5.75 Å². The molecule has 144 valence electrons. The van der Waals surface area contributed by atoms with Gasteiger partial charge in [-0.3, -0.25) is 4.99 Å².